The van der Waals surface area contributed by atoms with Crippen molar-refractivity contribution in [1.29, 1.82) is 0 Å². The molecule has 1 N–H and O–H groups in total. The number of hydrogen-bond acceptors (Lipinski definition) is 5. The highest BCUT2D eigenvalue weighted by molar-refractivity contribution is 6.12. The lowest BCUT2D eigenvalue weighted by Gasteiger charge is -2.30. The lowest BCUT2D eigenvalue weighted by Crippen LogP contribution is -2.36. The Kier molecular flexibility index (Phi) is 9.98. The Morgan fingerprint density at radius 2 is 1.53 bits per heavy atom. The number of carbonyl (C=O) groups excluding carboxylic acids is 3. The van der Waals surface area contributed by atoms with Crippen LogP contribution in [0.25, 0.3) is 0 Å². The molecule has 2 rings (SSSR count). The van der Waals surface area contributed by atoms with Crippen molar-refractivity contribution in [2.24, 2.45) is 17.3 Å². The van der Waals surface area contributed by atoms with E-state index in [1.807, 2.05) is 0 Å². The molecule has 0 atom stereocenters. The van der Waals surface area contributed by atoms with E-state index in [9.17, 15) is 14.4 Å². The second kappa shape index (κ2) is 12.2. The zero-order chi connectivity index (χ0) is 22.0. The third kappa shape index (κ3) is 9.39. The Balaban J connectivity index is 1.46. The third-order valence-electron chi connectivity index (χ3n) is 5.72. The molecule has 0 radical (unpaired) electrons. The summed E-state index contributed by atoms with van der Waals surface area (Å²) in [6, 6.07) is 0. The predicted octanol–water partition coefficient (Wildman–Crippen LogP) is 2.69. The van der Waals surface area contributed by atoms with E-state index in [0.29, 0.717) is 51.2 Å². The summed E-state index contributed by atoms with van der Waals surface area (Å²) in [5.41, 5.74) is 0.286. The molecular formula is C23H38N2O5. The van der Waals surface area contributed by atoms with Crippen molar-refractivity contribution >= 4 is 17.7 Å². The monoisotopic (exact) mass is 422 g/mol. The molecule has 0 spiro atoms. The molecule has 2 aliphatic rings. The maximum atomic E-state index is 12.1. The van der Waals surface area contributed by atoms with Gasteiger partial charge in [0.05, 0.1) is 19.8 Å². The molecule has 0 aromatic rings. The van der Waals surface area contributed by atoms with E-state index in [1.165, 1.54) is 17.1 Å². The zero-order valence-corrected chi connectivity index (χ0v) is 18.8. The van der Waals surface area contributed by atoms with Crippen molar-refractivity contribution in [1.82, 2.24) is 10.2 Å². The largest absolute Gasteiger partial charge is 0.379 e. The summed E-state index contributed by atoms with van der Waals surface area (Å²) in [5, 5.41) is 2.92. The van der Waals surface area contributed by atoms with Crippen molar-refractivity contribution in [3.8, 4) is 0 Å². The van der Waals surface area contributed by atoms with E-state index in [-0.39, 0.29) is 23.1 Å². The highest BCUT2D eigenvalue weighted by atomic mass is 16.5. The lowest BCUT2D eigenvalue weighted by molar-refractivity contribution is -0.137. The first-order valence-electron chi connectivity index (χ1n) is 11.2. The molecule has 1 saturated carbocycles. The van der Waals surface area contributed by atoms with E-state index in [2.05, 4.69) is 26.1 Å². The van der Waals surface area contributed by atoms with Crippen molar-refractivity contribution < 1.29 is 23.9 Å². The fourth-order valence-electron chi connectivity index (χ4n) is 3.78. The van der Waals surface area contributed by atoms with Crippen LogP contribution < -0.4 is 5.32 Å². The summed E-state index contributed by atoms with van der Waals surface area (Å²) in [4.78, 5) is 36.8. The Morgan fingerprint density at radius 3 is 2.13 bits per heavy atom. The van der Waals surface area contributed by atoms with E-state index in [4.69, 9.17) is 9.47 Å². The van der Waals surface area contributed by atoms with Gasteiger partial charge in [-0.05, 0) is 49.4 Å². The zero-order valence-electron chi connectivity index (χ0n) is 18.8. The fourth-order valence-corrected chi connectivity index (χ4v) is 3.78. The standard InChI is InChI=1S/C23H38N2O5/c1-23(2,3)10-12-29-14-15-30-13-11-24-20(26)16-18-4-6-19(7-5-18)17-25-21(27)8-9-22(25)28/h8-9,18-19H,4-7,10-17H2,1-3H3,(H,24,26)/t18-,19-. The van der Waals surface area contributed by atoms with Crippen LogP contribution >= 0.6 is 0 Å². The summed E-state index contributed by atoms with van der Waals surface area (Å²) in [6.07, 6.45) is 8.06. The molecule has 170 valence electrons. The van der Waals surface area contributed by atoms with Crippen LogP contribution in [-0.4, -0.2) is 62.1 Å². The smallest absolute Gasteiger partial charge is 0.253 e. The summed E-state index contributed by atoms with van der Waals surface area (Å²) in [6.45, 7) is 9.95. The van der Waals surface area contributed by atoms with Gasteiger partial charge in [0.1, 0.15) is 0 Å². The molecular weight excluding hydrogens is 384 g/mol. The quantitative estimate of drug-likeness (QED) is 0.386. The average Bonchev–Trinajstić information content (AvgIpc) is 2.99. The van der Waals surface area contributed by atoms with Crippen LogP contribution in [0.15, 0.2) is 12.2 Å². The maximum Gasteiger partial charge on any atom is 0.253 e. The SMILES string of the molecule is CC(C)(C)CCOCCOCCNC(=O)C[C@H]1CC[C@H](CN2C(=O)C=CC2=O)CC1. The first-order valence-corrected chi connectivity index (χ1v) is 11.2. The molecule has 0 aromatic heterocycles. The molecule has 7 nitrogen and oxygen atoms in total. The fraction of sp³-hybridized carbons (Fsp3) is 0.783. The van der Waals surface area contributed by atoms with Gasteiger partial charge in [-0.2, -0.15) is 0 Å². The molecule has 1 aliphatic heterocycles. The summed E-state index contributed by atoms with van der Waals surface area (Å²) in [7, 11) is 0. The van der Waals surface area contributed by atoms with Crippen LogP contribution in [0.5, 0.6) is 0 Å². The number of imide groups is 1. The summed E-state index contributed by atoms with van der Waals surface area (Å²) >= 11 is 0. The van der Waals surface area contributed by atoms with Crippen LogP contribution in [0.2, 0.25) is 0 Å². The molecule has 3 amide bonds. The first kappa shape index (κ1) is 24.5. The van der Waals surface area contributed by atoms with E-state index < -0.39 is 0 Å². The highest BCUT2D eigenvalue weighted by Gasteiger charge is 2.29. The number of amides is 3. The van der Waals surface area contributed by atoms with Crippen LogP contribution in [0.4, 0.5) is 0 Å². The van der Waals surface area contributed by atoms with Gasteiger partial charge in [-0.15, -0.1) is 0 Å². The van der Waals surface area contributed by atoms with Crippen molar-refractivity contribution in [2.45, 2.75) is 59.3 Å². The van der Waals surface area contributed by atoms with Gasteiger partial charge in [-0.1, -0.05) is 20.8 Å². The summed E-state index contributed by atoms with van der Waals surface area (Å²) in [5.74, 6) is 0.371. The number of rotatable bonds is 12. The molecule has 0 aromatic carbocycles. The van der Waals surface area contributed by atoms with Gasteiger partial charge >= 0.3 is 0 Å². The van der Waals surface area contributed by atoms with Gasteiger partial charge < -0.3 is 14.8 Å². The highest BCUT2D eigenvalue weighted by Crippen LogP contribution is 2.31. The van der Waals surface area contributed by atoms with Gasteiger partial charge in [0, 0.05) is 38.3 Å². The van der Waals surface area contributed by atoms with E-state index in [1.54, 1.807) is 0 Å². The molecule has 1 heterocycles. The summed E-state index contributed by atoms with van der Waals surface area (Å²) < 4.78 is 11.0. The Morgan fingerprint density at radius 1 is 0.967 bits per heavy atom. The molecule has 7 heteroatoms. The topological polar surface area (TPSA) is 84.9 Å². The minimum Gasteiger partial charge on any atom is -0.379 e. The van der Waals surface area contributed by atoms with Crippen molar-refractivity contribution in [2.75, 3.05) is 39.5 Å². The number of ether oxygens (including phenoxy) is 2. The Labute approximate surface area is 180 Å². The van der Waals surface area contributed by atoms with Gasteiger partial charge in [0.25, 0.3) is 11.8 Å². The maximum absolute atomic E-state index is 12.1. The van der Waals surface area contributed by atoms with Crippen LogP contribution in [0.3, 0.4) is 0 Å². The molecule has 1 fully saturated rings. The second-order valence-electron chi connectivity index (χ2n) is 9.60. The third-order valence-corrected chi connectivity index (χ3v) is 5.72. The normalized spacial score (nSPS) is 22.0. The van der Waals surface area contributed by atoms with Crippen molar-refractivity contribution in [3.63, 3.8) is 0 Å². The second-order valence-corrected chi connectivity index (χ2v) is 9.60. The van der Waals surface area contributed by atoms with Gasteiger partial charge in [0.2, 0.25) is 5.91 Å². The van der Waals surface area contributed by atoms with Gasteiger partial charge in [-0.25, -0.2) is 0 Å². The van der Waals surface area contributed by atoms with Gasteiger partial charge in [0.15, 0.2) is 0 Å². The van der Waals surface area contributed by atoms with Crippen LogP contribution in [0.1, 0.15) is 59.3 Å². The molecule has 30 heavy (non-hydrogen) atoms. The van der Waals surface area contributed by atoms with Crippen LogP contribution in [-0.2, 0) is 23.9 Å². The van der Waals surface area contributed by atoms with Crippen molar-refractivity contribution in [3.05, 3.63) is 12.2 Å². The number of hydrogen-bond donors (Lipinski definition) is 1. The lowest BCUT2D eigenvalue weighted by atomic mass is 9.80. The predicted molar refractivity (Wildman–Crippen MR) is 115 cm³/mol. The number of nitrogens with zero attached hydrogens (tertiary/aromatic N) is 1. The van der Waals surface area contributed by atoms with E-state index in [0.717, 1.165) is 38.7 Å². The van der Waals surface area contributed by atoms with Crippen LogP contribution in [0, 0.1) is 17.3 Å². The van der Waals surface area contributed by atoms with E-state index >= 15 is 0 Å². The average molecular weight is 423 g/mol. The Hall–Kier alpha value is -1.73. The Bertz CT molecular complexity index is 585. The molecule has 0 unspecified atom stereocenters. The first-order chi connectivity index (χ1) is 14.2. The number of nitrogens with one attached hydrogen (secondary N) is 1. The minimum atomic E-state index is -0.208. The minimum absolute atomic E-state index is 0.0672. The molecule has 0 bridgehead atoms. The number of carbonyl (C=O) groups is 3. The van der Waals surface area contributed by atoms with Gasteiger partial charge in [-0.3, -0.25) is 19.3 Å². The molecule has 1 aliphatic carbocycles. The molecule has 0 saturated heterocycles.